The molecule has 0 atom stereocenters. The number of aliphatic hydroxyl groups is 1. The Balaban J connectivity index is 1.55. The van der Waals surface area contributed by atoms with E-state index < -0.39 is 28.4 Å². The van der Waals surface area contributed by atoms with E-state index in [1.165, 1.54) is 23.5 Å². The number of H-pyrrole nitrogens is 1. The van der Waals surface area contributed by atoms with Gasteiger partial charge in [0.05, 0.1) is 36.9 Å². The van der Waals surface area contributed by atoms with Crippen molar-refractivity contribution >= 4 is 32.6 Å². The average Bonchev–Trinajstić information content (AvgIpc) is 3.31. The van der Waals surface area contributed by atoms with Crippen LogP contribution in [0.3, 0.4) is 0 Å². The number of ether oxygens (including phenoxy) is 3. The SMILES string of the molecule is COc1ccc(C(=O)OCC(O)=C(C#N)c2nc3ccccc3[nH]2)cc1S(=O)(=O)N1CCOCC1. The van der Waals surface area contributed by atoms with E-state index in [1.54, 1.807) is 24.3 Å². The Kier molecular flexibility index (Phi) is 7.02. The number of sulfonamides is 1. The van der Waals surface area contributed by atoms with Crippen LogP contribution in [0.15, 0.2) is 53.1 Å². The second-order valence-electron chi connectivity index (χ2n) is 7.49. The van der Waals surface area contributed by atoms with Crippen LogP contribution in [0.5, 0.6) is 5.75 Å². The molecule has 0 amide bonds. The van der Waals surface area contributed by atoms with E-state index in [4.69, 9.17) is 14.2 Å². The van der Waals surface area contributed by atoms with Gasteiger partial charge in [-0.05, 0) is 30.3 Å². The zero-order valence-corrected chi connectivity index (χ0v) is 19.5. The van der Waals surface area contributed by atoms with Crippen molar-refractivity contribution in [2.45, 2.75) is 4.90 Å². The van der Waals surface area contributed by atoms with Gasteiger partial charge < -0.3 is 24.3 Å². The Bertz CT molecular complexity index is 1400. The van der Waals surface area contributed by atoms with Gasteiger partial charge in [-0.15, -0.1) is 0 Å². The highest BCUT2D eigenvalue weighted by Crippen LogP contribution is 2.29. The lowest BCUT2D eigenvalue weighted by Crippen LogP contribution is -2.40. The second kappa shape index (κ2) is 10.1. The molecule has 3 aromatic rings. The summed E-state index contributed by atoms with van der Waals surface area (Å²) in [5, 5.41) is 19.9. The molecule has 12 heteroatoms. The molecule has 1 fully saturated rings. The highest BCUT2D eigenvalue weighted by atomic mass is 32.2. The molecular formula is C23H22N4O7S. The van der Waals surface area contributed by atoms with Gasteiger partial charge in [-0.2, -0.15) is 9.57 Å². The number of imidazole rings is 1. The third kappa shape index (κ3) is 4.97. The first-order chi connectivity index (χ1) is 16.8. The predicted molar refractivity (Wildman–Crippen MR) is 124 cm³/mol. The number of rotatable bonds is 7. The quantitative estimate of drug-likeness (QED) is 0.283. The topological polar surface area (TPSA) is 155 Å². The summed E-state index contributed by atoms with van der Waals surface area (Å²) in [6.45, 7) is 0.272. The summed E-state index contributed by atoms with van der Waals surface area (Å²) in [7, 11) is -2.62. The van der Waals surface area contributed by atoms with Crippen molar-refractivity contribution in [2.24, 2.45) is 0 Å². The van der Waals surface area contributed by atoms with Gasteiger partial charge in [-0.3, -0.25) is 0 Å². The Morgan fingerprint density at radius 1 is 1.26 bits per heavy atom. The Hall–Kier alpha value is -3.92. The lowest BCUT2D eigenvalue weighted by atomic mass is 10.2. The van der Waals surface area contributed by atoms with Crippen LogP contribution < -0.4 is 4.74 Å². The first-order valence-corrected chi connectivity index (χ1v) is 12.0. The number of methoxy groups -OCH3 is 1. The van der Waals surface area contributed by atoms with Crippen molar-refractivity contribution in [3.05, 3.63) is 59.6 Å². The van der Waals surface area contributed by atoms with E-state index in [2.05, 4.69) is 9.97 Å². The molecular weight excluding hydrogens is 476 g/mol. The van der Waals surface area contributed by atoms with Gasteiger partial charge in [-0.1, -0.05) is 12.1 Å². The summed E-state index contributed by atoms with van der Waals surface area (Å²) in [5.41, 5.74) is 1.03. The summed E-state index contributed by atoms with van der Waals surface area (Å²) in [6, 6.07) is 12.8. The largest absolute Gasteiger partial charge is 0.507 e. The maximum Gasteiger partial charge on any atom is 0.338 e. The van der Waals surface area contributed by atoms with Crippen LogP contribution in [0.1, 0.15) is 16.2 Å². The third-order valence-electron chi connectivity index (χ3n) is 5.35. The number of carbonyl (C=O) groups excluding carboxylic acids is 1. The Morgan fingerprint density at radius 3 is 2.69 bits per heavy atom. The minimum atomic E-state index is -3.95. The van der Waals surface area contributed by atoms with Gasteiger partial charge in [0.2, 0.25) is 10.0 Å². The maximum atomic E-state index is 13.1. The molecule has 1 aliphatic heterocycles. The van der Waals surface area contributed by atoms with E-state index in [1.807, 2.05) is 6.07 Å². The normalized spacial score (nSPS) is 15.3. The molecule has 0 aliphatic carbocycles. The molecule has 2 aromatic carbocycles. The molecule has 1 saturated heterocycles. The molecule has 11 nitrogen and oxygen atoms in total. The second-order valence-corrected chi connectivity index (χ2v) is 9.40. The Morgan fingerprint density at radius 2 is 2.00 bits per heavy atom. The van der Waals surface area contributed by atoms with Crippen molar-refractivity contribution in [1.29, 1.82) is 5.26 Å². The summed E-state index contributed by atoms with van der Waals surface area (Å²) < 4.78 is 43.0. The van der Waals surface area contributed by atoms with E-state index >= 15 is 0 Å². The molecule has 0 spiro atoms. The van der Waals surface area contributed by atoms with E-state index in [-0.39, 0.29) is 53.9 Å². The first kappa shape index (κ1) is 24.2. The number of esters is 1. The first-order valence-electron chi connectivity index (χ1n) is 10.6. The van der Waals surface area contributed by atoms with Crippen LogP contribution in [0.2, 0.25) is 0 Å². The van der Waals surface area contributed by atoms with E-state index in [0.29, 0.717) is 11.0 Å². The number of aromatic amines is 1. The van der Waals surface area contributed by atoms with Crippen molar-refractivity contribution in [2.75, 3.05) is 40.0 Å². The lowest BCUT2D eigenvalue weighted by Gasteiger charge is -2.26. The molecule has 1 aliphatic rings. The van der Waals surface area contributed by atoms with Crippen molar-refractivity contribution in [3.63, 3.8) is 0 Å². The molecule has 0 saturated carbocycles. The number of aliphatic hydroxyl groups excluding tert-OH is 1. The molecule has 2 N–H and O–H groups in total. The Labute approximate surface area is 201 Å². The molecule has 182 valence electrons. The monoisotopic (exact) mass is 498 g/mol. The van der Waals surface area contributed by atoms with Crippen LogP contribution in [0, 0.1) is 11.3 Å². The van der Waals surface area contributed by atoms with Gasteiger partial charge in [0.15, 0.2) is 11.6 Å². The molecule has 0 radical (unpaired) electrons. The minimum Gasteiger partial charge on any atom is -0.507 e. The van der Waals surface area contributed by atoms with Crippen molar-refractivity contribution in [1.82, 2.24) is 14.3 Å². The average molecular weight is 499 g/mol. The van der Waals surface area contributed by atoms with Crippen LogP contribution >= 0.6 is 0 Å². The zero-order valence-electron chi connectivity index (χ0n) is 18.7. The minimum absolute atomic E-state index is 0.0623. The molecule has 4 rings (SSSR count). The zero-order chi connectivity index (χ0) is 25.0. The molecule has 0 bridgehead atoms. The standard InChI is InChI=1S/C23H22N4O7S/c1-32-20-7-6-15(12-21(20)35(30,31)27-8-10-33-11-9-27)23(29)34-14-19(28)16(13-24)22-25-17-4-2-3-5-18(17)26-22/h2-7,12,28H,8-11,14H2,1H3,(H,25,26). The number of carbonyl (C=O) groups is 1. The number of hydrogen-bond donors (Lipinski definition) is 2. The maximum absolute atomic E-state index is 13.1. The summed E-state index contributed by atoms with van der Waals surface area (Å²) in [5.74, 6) is -1.19. The summed E-state index contributed by atoms with van der Waals surface area (Å²) in [6.07, 6.45) is 0. The van der Waals surface area contributed by atoms with E-state index in [0.717, 1.165) is 6.07 Å². The van der Waals surface area contributed by atoms with E-state index in [9.17, 15) is 23.6 Å². The van der Waals surface area contributed by atoms with Gasteiger partial charge in [0, 0.05) is 13.1 Å². The van der Waals surface area contributed by atoms with Gasteiger partial charge in [0.25, 0.3) is 0 Å². The highest BCUT2D eigenvalue weighted by molar-refractivity contribution is 7.89. The number of allylic oxidation sites excluding steroid dienone is 1. The number of aromatic nitrogens is 2. The van der Waals surface area contributed by atoms with Crippen LogP contribution in [-0.2, 0) is 19.5 Å². The number of morpholine rings is 1. The van der Waals surface area contributed by atoms with Crippen molar-refractivity contribution in [3.8, 4) is 11.8 Å². The lowest BCUT2D eigenvalue weighted by molar-refractivity contribution is 0.0502. The predicted octanol–water partition coefficient (Wildman–Crippen LogP) is 2.24. The number of para-hydroxylation sites is 2. The number of nitrogens with zero attached hydrogens (tertiary/aromatic N) is 3. The van der Waals surface area contributed by atoms with Crippen LogP contribution in [0.4, 0.5) is 0 Å². The molecule has 0 unspecified atom stereocenters. The van der Waals surface area contributed by atoms with Gasteiger partial charge >= 0.3 is 5.97 Å². The highest BCUT2D eigenvalue weighted by Gasteiger charge is 2.30. The van der Waals surface area contributed by atoms with Gasteiger partial charge in [0.1, 0.15) is 28.9 Å². The smallest absolute Gasteiger partial charge is 0.338 e. The number of nitriles is 1. The fraction of sp³-hybridized carbons (Fsp3) is 0.261. The number of benzene rings is 2. The van der Waals surface area contributed by atoms with Crippen LogP contribution in [-0.4, -0.2) is 73.8 Å². The van der Waals surface area contributed by atoms with Crippen LogP contribution in [0.25, 0.3) is 16.6 Å². The number of fused-ring (bicyclic) bond motifs is 1. The van der Waals surface area contributed by atoms with Crippen molar-refractivity contribution < 1.29 is 32.5 Å². The fourth-order valence-corrected chi connectivity index (χ4v) is 5.14. The summed E-state index contributed by atoms with van der Waals surface area (Å²) in [4.78, 5) is 19.7. The summed E-state index contributed by atoms with van der Waals surface area (Å²) >= 11 is 0. The molecule has 35 heavy (non-hydrogen) atoms. The molecule has 1 aromatic heterocycles. The fourth-order valence-electron chi connectivity index (χ4n) is 3.55. The number of hydrogen-bond acceptors (Lipinski definition) is 9. The number of nitrogens with one attached hydrogen (secondary N) is 1. The van der Waals surface area contributed by atoms with Gasteiger partial charge in [-0.25, -0.2) is 18.2 Å². The third-order valence-corrected chi connectivity index (χ3v) is 7.27. The molecule has 2 heterocycles.